The Bertz CT molecular complexity index is 2010. The number of hydrazone groups is 1. The molecule has 1 N–H and O–H groups in total. The number of carbonyl (C=O) groups excluding carboxylic acids is 2. The Kier molecular flexibility index (Phi) is 9.64. The summed E-state index contributed by atoms with van der Waals surface area (Å²) in [5.74, 6) is 0.533. The van der Waals surface area contributed by atoms with Crippen molar-refractivity contribution < 1.29 is 19.2 Å². The van der Waals surface area contributed by atoms with E-state index in [0.717, 1.165) is 33.2 Å². The molecular formula is C34H31N7O5S2. The average molecular weight is 682 g/mol. The van der Waals surface area contributed by atoms with Crippen LogP contribution in [0.1, 0.15) is 50.2 Å². The van der Waals surface area contributed by atoms with E-state index in [1.807, 2.05) is 73.0 Å². The Balaban J connectivity index is 1.24. The predicted molar refractivity (Wildman–Crippen MR) is 184 cm³/mol. The first kappa shape index (κ1) is 32.6. The lowest BCUT2D eigenvalue weighted by molar-refractivity contribution is -0.385. The highest BCUT2D eigenvalue weighted by atomic mass is 32.2. The summed E-state index contributed by atoms with van der Waals surface area (Å²) in [6, 6.07) is 23.5. The van der Waals surface area contributed by atoms with Gasteiger partial charge in [-0.2, -0.15) is 5.10 Å². The molecule has 244 valence electrons. The molecule has 5 aromatic rings. The molecule has 0 saturated carbocycles. The number of hydrogen-bond acceptors (Lipinski definition) is 10. The summed E-state index contributed by atoms with van der Waals surface area (Å²) < 4.78 is 7.13. The topological polar surface area (TPSA) is 145 Å². The molecule has 3 aromatic carbocycles. The lowest BCUT2D eigenvalue weighted by Gasteiger charge is -2.22. The molecule has 0 spiro atoms. The first-order valence-corrected chi connectivity index (χ1v) is 16.8. The average Bonchev–Trinajstić information content (AvgIpc) is 3.86. The second kappa shape index (κ2) is 14.2. The maximum atomic E-state index is 13.8. The standard InChI is InChI=1S/C34H31N7O5S2/c1-21-7-4-8-24(17-21)39-31(19-35-33(43)26-9-5-10-28(22(26)2)41(44)45)36-37-34(39)48-20-32(42)40-29(23-12-14-25(46-3)15-13-23)18-27(38-40)30-11-6-16-47-30/h4-17,29H,18-20H2,1-3H3,(H,35,43)/t29-/m1/s1. The molecule has 1 aliphatic heterocycles. The van der Waals surface area contributed by atoms with Crippen molar-refractivity contribution in [1.29, 1.82) is 0 Å². The highest BCUT2D eigenvalue weighted by Gasteiger charge is 2.34. The number of nitro benzene ring substituents is 1. The molecule has 1 atom stereocenters. The smallest absolute Gasteiger partial charge is 0.273 e. The quantitative estimate of drug-likeness (QED) is 0.0977. The van der Waals surface area contributed by atoms with Gasteiger partial charge in [-0.3, -0.25) is 24.3 Å². The number of carbonyl (C=O) groups is 2. The molecule has 3 heterocycles. The van der Waals surface area contributed by atoms with E-state index in [1.54, 1.807) is 41.0 Å². The number of nitrogens with zero attached hydrogens (tertiary/aromatic N) is 6. The van der Waals surface area contributed by atoms with E-state index < -0.39 is 10.8 Å². The maximum Gasteiger partial charge on any atom is 0.273 e. The van der Waals surface area contributed by atoms with Crippen molar-refractivity contribution in [2.75, 3.05) is 12.9 Å². The Morgan fingerprint density at radius 2 is 1.85 bits per heavy atom. The fraction of sp³-hybridized carbons (Fsp3) is 0.206. The summed E-state index contributed by atoms with van der Waals surface area (Å²) in [6.45, 7) is 3.50. The monoisotopic (exact) mass is 681 g/mol. The molecule has 0 saturated heterocycles. The van der Waals surface area contributed by atoms with Crippen molar-refractivity contribution in [2.45, 2.75) is 38.0 Å². The van der Waals surface area contributed by atoms with Crippen LogP contribution in [0.25, 0.3) is 5.69 Å². The van der Waals surface area contributed by atoms with Crippen LogP contribution in [0.5, 0.6) is 5.75 Å². The van der Waals surface area contributed by atoms with Crippen LogP contribution in [-0.2, 0) is 11.3 Å². The number of ether oxygens (including phenoxy) is 1. The summed E-state index contributed by atoms with van der Waals surface area (Å²) in [5, 5.41) is 31.8. The summed E-state index contributed by atoms with van der Waals surface area (Å²) in [5.41, 5.74) is 3.91. The van der Waals surface area contributed by atoms with Gasteiger partial charge in [0, 0.05) is 29.3 Å². The molecule has 14 heteroatoms. The van der Waals surface area contributed by atoms with Gasteiger partial charge in [-0.15, -0.1) is 21.5 Å². The molecular weight excluding hydrogens is 651 g/mol. The van der Waals surface area contributed by atoms with Gasteiger partial charge in [0.05, 0.1) is 41.0 Å². The second-order valence-electron chi connectivity index (χ2n) is 11.0. The number of nitrogens with one attached hydrogen (secondary N) is 1. The molecule has 0 radical (unpaired) electrons. The van der Waals surface area contributed by atoms with Crippen LogP contribution < -0.4 is 10.1 Å². The van der Waals surface area contributed by atoms with Crippen LogP contribution in [0, 0.1) is 24.0 Å². The zero-order chi connectivity index (χ0) is 33.8. The van der Waals surface area contributed by atoms with E-state index in [1.165, 1.54) is 23.9 Å². The third-order valence-electron chi connectivity index (χ3n) is 7.91. The zero-order valence-electron chi connectivity index (χ0n) is 26.3. The number of nitro groups is 1. The number of benzene rings is 3. The number of aromatic nitrogens is 3. The second-order valence-corrected chi connectivity index (χ2v) is 12.9. The summed E-state index contributed by atoms with van der Waals surface area (Å²) >= 11 is 2.81. The van der Waals surface area contributed by atoms with Gasteiger partial charge in [0.15, 0.2) is 11.0 Å². The molecule has 6 rings (SSSR count). The van der Waals surface area contributed by atoms with Crippen molar-refractivity contribution in [2.24, 2.45) is 5.10 Å². The molecule has 2 aromatic heterocycles. The van der Waals surface area contributed by atoms with Gasteiger partial charge in [-0.25, -0.2) is 5.01 Å². The molecule has 48 heavy (non-hydrogen) atoms. The van der Waals surface area contributed by atoms with Crippen LogP contribution in [0.4, 0.5) is 5.69 Å². The summed E-state index contributed by atoms with van der Waals surface area (Å²) in [6.07, 6.45) is 0.580. The SMILES string of the molecule is COc1ccc([C@H]2CC(c3cccs3)=NN2C(=O)CSc2nnc(CNC(=O)c3cccc([N+](=O)[O-])c3C)n2-c2cccc(C)c2)cc1. The number of thiophene rings is 1. The number of thioether (sulfide) groups is 1. The number of rotatable bonds is 11. The lowest BCUT2D eigenvalue weighted by atomic mass is 10.0. The van der Waals surface area contributed by atoms with E-state index in [2.05, 4.69) is 15.5 Å². The number of amides is 2. The molecule has 12 nitrogen and oxygen atoms in total. The Hall–Kier alpha value is -5.34. The van der Waals surface area contributed by atoms with Crippen LogP contribution in [0.15, 0.2) is 94.5 Å². The zero-order valence-corrected chi connectivity index (χ0v) is 28.0. The van der Waals surface area contributed by atoms with Gasteiger partial charge < -0.3 is 10.1 Å². The van der Waals surface area contributed by atoms with Crippen molar-refractivity contribution in [3.05, 3.63) is 127 Å². The van der Waals surface area contributed by atoms with Gasteiger partial charge in [0.25, 0.3) is 17.5 Å². The molecule has 0 fully saturated rings. The molecule has 1 aliphatic rings. The lowest BCUT2D eigenvalue weighted by Crippen LogP contribution is -2.28. The minimum Gasteiger partial charge on any atom is -0.497 e. The van der Waals surface area contributed by atoms with E-state index >= 15 is 0 Å². The van der Waals surface area contributed by atoms with Gasteiger partial charge in [-0.05, 0) is 66.8 Å². The highest BCUT2D eigenvalue weighted by Crippen LogP contribution is 2.35. The Morgan fingerprint density at radius 1 is 1.06 bits per heavy atom. The van der Waals surface area contributed by atoms with Crippen molar-refractivity contribution in [3.8, 4) is 11.4 Å². The van der Waals surface area contributed by atoms with Crippen LogP contribution >= 0.6 is 23.1 Å². The minimum atomic E-state index is -0.513. The largest absolute Gasteiger partial charge is 0.497 e. The van der Waals surface area contributed by atoms with E-state index in [4.69, 9.17) is 9.84 Å². The summed E-state index contributed by atoms with van der Waals surface area (Å²) in [4.78, 5) is 38.9. The van der Waals surface area contributed by atoms with E-state index in [9.17, 15) is 19.7 Å². The molecule has 0 aliphatic carbocycles. The predicted octanol–water partition coefficient (Wildman–Crippen LogP) is 6.26. The van der Waals surface area contributed by atoms with E-state index in [0.29, 0.717) is 17.4 Å². The van der Waals surface area contributed by atoms with Crippen molar-refractivity contribution in [1.82, 2.24) is 25.1 Å². The first-order chi connectivity index (χ1) is 23.2. The van der Waals surface area contributed by atoms with Gasteiger partial charge in [0.2, 0.25) is 0 Å². The van der Waals surface area contributed by atoms with Crippen molar-refractivity contribution in [3.63, 3.8) is 0 Å². The fourth-order valence-corrected chi connectivity index (χ4v) is 7.01. The maximum absolute atomic E-state index is 13.8. The van der Waals surface area contributed by atoms with Crippen LogP contribution in [-0.4, -0.2) is 55.1 Å². The third kappa shape index (κ3) is 6.85. The molecule has 2 amide bonds. The highest BCUT2D eigenvalue weighted by molar-refractivity contribution is 7.99. The van der Waals surface area contributed by atoms with Crippen LogP contribution in [0.2, 0.25) is 0 Å². The fourth-order valence-electron chi connectivity index (χ4n) is 5.47. The normalized spacial score (nSPS) is 14.1. The molecule has 0 bridgehead atoms. The van der Waals surface area contributed by atoms with E-state index in [-0.39, 0.29) is 41.1 Å². The first-order valence-electron chi connectivity index (χ1n) is 15.0. The van der Waals surface area contributed by atoms with Crippen LogP contribution in [0.3, 0.4) is 0 Å². The number of aryl methyl sites for hydroxylation is 1. The van der Waals surface area contributed by atoms with Crippen molar-refractivity contribution >= 4 is 46.3 Å². The number of hydrogen-bond donors (Lipinski definition) is 1. The minimum absolute atomic E-state index is 0.00342. The van der Waals surface area contributed by atoms with Gasteiger partial charge >= 0.3 is 0 Å². The van der Waals surface area contributed by atoms with Gasteiger partial charge in [0.1, 0.15) is 5.75 Å². The Labute approximate surface area is 284 Å². The summed E-state index contributed by atoms with van der Waals surface area (Å²) in [7, 11) is 1.61. The molecule has 0 unspecified atom stereocenters. The number of methoxy groups -OCH3 is 1. The third-order valence-corrected chi connectivity index (χ3v) is 9.74. The van der Waals surface area contributed by atoms with Gasteiger partial charge in [-0.1, -0.05) is 48.2 Å². The Morgan fingerprint density at radius 3 is 2.56 bits per heavy atom.